The Morgan fingerprint density at radius 2 is 1.75 bits per heavy atom. The molecule has 0 saturated carbocycles. The van der Waals surface area contributed by atoms with E-state index in [4.69, 9.17) is 9.47 Å². The molecule has 7 heteroatoms. The third kappa shape index (κ3) is 3.52. The average molecular weight is 389 g/mol. The molecular formula is C21H18F3NO3. The molecule has 2 aromatic rings. The van der Waals surface area contributed by atoms with Gasteiger partial charge >= 0.3 is 6.18 Å². The predicted molar refractivity (Wildman–Crippen MR) is 98.4 cm³/mol. The number of alkyl halides is 3. The van der Waals surface area contributed by atoms with E-state index in [0.29, 0.717) is 16.9 Å². The number of amides is 1. The number of aliphatic imine (C=N–C) groups is 1. The SMILES string of the molecule is C=CC(c1ccc(C(F)(F)F)cc1)C1(C)OC(c2ccc(OC)cc2)=NC1=O. The van der Waals surface area contributed by atoms with Crippen molar-refractivity contribution >= 4 is 11.8 Å². The van der Waals surface area contributed by atoms with Gasteiger partial charge in [-0.25, -0.2) is 0 Å². The first-order valence-corrected chi connectivity index (χ1v) is 8.45. The maximum Gasteiger partial charge on any atom is 0.416 e. The highest BCUT2D eigenvalue weighted by atomic mass is 19.4. The normalized spacial score (nSPS) is 20.3. The molecule has 0 fully saturated rings. The second-order valence-corrected chi connectivity index (χ2v) is 6.49. The lowest BCUT2D eigenvalue weighted by atomic mass is 9.82. The van der Waals surface area contributed by atoms with E-state index in [1.54, 1.807) is 31.2 Å². The van der Waals surface area contributed by atoms with Crippen molar-refractivity contribution in [1.29, 1.82) is 0 Å². The van der Waals surface area contributed by atoms with Crippen LogP contribution in [0, 0.1) is 0 Å². The fraction of sp³-hybridized carbons (Fsp3) is 0.238. The van der Waals surface area contributed by atoms with Crippen LogP contribution >= 0.6 is 0 Å². The van der Waals surface area contributed by atoms with E-state index in [-0.39, 0.29) is 5.90 Å². The van der Waals surface area contributed by atoms with Crippen molar-refractivity contribution in [3.8, 4) is 5.75 Å². The molecular weight excluding hydrogens is 371 g/mol. The Labute approximate surface area is 160 Å². The van der Waals surface area contributed by atoms with Crippen molar-refractivity contribution in [3.63, 3.8) is 0 Å². The molecule has 1 heterocycles. The molecule has 0 spiro atoms. The first kappa shape index (κ1) is 19.7. The van der Waals surface area contributed by atoms with Gasteiger partial charge in [-0.2, -0.15) is 18.2 Å². The second kappa shape index (κ2) is 7.14. The van der Waals surface area contributed by atoms with E-state index in [0.717, 1.165) is 12.1 Å². The van der Waals surface area contributed by atoms with E-state index in [2.05, 4.69) is 11.6 Å². The first-order valence-electron chi connectivity index (χ1n) is 8.45. The van der Waals surface area contributed by atoms with Gasteiger partial charge < -0.3 is 9.47 Å². The Morgan fingerprint density at radius 1 is 1.14 bits per heavy atom. The minimum absolute atomic E-state index is 0.147. The van der Waals surface area contributed by atoms with Crippen LogP contribution in [0.25, 0.3) is 0 Å². The molecule has 0 radical (unpaired) electrons. The van der Waals surface area contributed by atoms with Crippen molar-refractivity contribution in [1.82, 2.24) is 0 Å². The number of methoxy groups -OCH3 is 1. The highest BCUT2D eigenvalue weighted by Crippen LogP contribution is 2.39. The lowest BCUT2D eigenvalue weighted by molar-refractivity contribution is -0.137. The second-order valence-electron chi connectivity index (χ2n) is 6.49. The lowest BCUT2D eigenvalue weighted by Gasteiger charge is -2.29. The summed E-state index contributed by atoms with van der Waals surface area (Å²) in [6.07, 6.45) is -2.95. The maximum absolute atomic E-state index is 12.8. The highest BCUT2D eigenvalue weighted by molar-refractivity contribution is 6.09. The van der Waals surface area contributed by atoms with Gasteiger partial charge in [-0.3, -0.25) is 4.79 Å². The molecule has 1 amide bonds. The fourth-order valence-electron chi connectivity index (χ4n) is 3.08. The summed E-state index contributed by atoms with van der Waals surface area (Å²) < 4.78 is 49.4. The van der Waals surface area contributed by atoms with Gasteiger partial charge in [0.15, 0.2) is 5.60 Å². The van der Waals surface area contributed by atoms with Gasteiger partial charge in [-0.05, 0) is 48.9 Å². The Balaban J connectivity index is 1.88. The Bertz CT molecular complexity index is 917. The van der Waals surface area contributed by atoms with Crippen molar-refractivity contribution in [2.75, 3.05) is 7.11 Å². The average Bonchev–Trinajstić information content (AvgIpc) is 2.97. The molecule has 0 N–H and O–H groups in total. The third-order valence-electron chi connectivity index (χ3n) is 4.70. The molecule has 0 bridgehead atoms. The number of nitrogens with zero attached hydrogens (tertiary/aromatic N) is 1. The van der Waals surface area contributed by atoms with Gasteiger partial charge in [0, 0.05) is 5.56 Å². The molecule has 0 aliphatic carbocycles. The van der Waals surface area contributed by atoms with Crippen LogP contribution in [0.3, 0.4) is 0 Å². The summed E-state index contributed by atoms with van der Waals surface area (Å²) in [4.78, 5) is 16.6. The van der Waals surface area contributed by atoms with E-state index in [1.165, 1.54) is 25.3 Å². The zero-order valence-electron chi connectivity index (χ0n) is 15.3. The van der Waals surface area contributed by atoms with Gasteiger partial charge in [-0.1, -0.05) is 18.2 Å². The van der Waals surface area contributed by atoms with Crippen molar-refractivity contribution in [2.24, 2.45) is 4.99 Å². The summed E-state index contributed by atoms with van der Waals surface area (Å²) in [5.41, 5.74) is -1.10. The summed E-state index contributed by atoms with van der Waals surface area (Å²) >= 11 is 0. The van der Waals surface area contributed by atoms with Gasteiger partial charge in [0.2, 0.25) is 5.90 Å². The highest BCUT2D eigenvalue weighted by Gasteiger charge is 2.48. The number of rotatable bonds is 5. The van der Waals surface area contributed by atoms with Gasteiger partial charge in [0.25, 0.3) is 5.91 Å². The monoisotopic (exact) mass is 389 g/mol. The largest absolute Gasteiger partial charge is 0.497 e. The summed E-state index contributed by atoms with van der Waals surface area (Å²) in [6.45, 7) is 5.29. The van der Waals surface area contributed by atoms with Gasteiger partial charge in [0.05, 0.1) is 18.6 Å². The number of halogens is 3. The smallest absolute Gasteiger partial charge is 0.416 e. The molecule has 0 saturated heterocycles. The standard InChI is InChI=1S/C21H18F3NO3/c1-4-17(13-5-9-15(10-6-13)21(22,23)24)20(2)19(26)25-18(28-20)14-7-11-16(27-3)12-8-14/h4-12,17H,1H2,2-3H3. The number of ether oxygens (including phenoxy) is 2. The molecule has 2 atom stereocenters. The lowest BCUT2D eigenvalue weighted by Crippen LogP contribution is -2.39. The zero-order chi connectivity index (χ0) is 20.5. The van der Waals surface area contributed by atoms with Crippen LogP contribution in [0.2, 0.25) is 0 Å². The van der Waals surface area contributed by atoms with E-state index in [9.17, 15) is 18.0 Å². The van der Waals surface area contributed by atoms with Crippen LogP contribution < -0.4 is 4.74 Å². The predicted octanol–water partition coefficient (Wildman–Crippen LogP) is 4.75. The van der Waals surface area contributed by atoms with Crippen LogP contribution in [0.5, 0.6) is 5.75 Å². The van der Waals surface area contributed by atoms with E-state index < -0.39 is 29.2 Å². The van der Waals surface area contributed by atoms with Crippen LogP contribution in [0.4, 0.5) is 13.2 Å². The Kier molecular flexibility index (Phi) is 5.02. The number of carbonyl (C=O) groups excluding carboxylic acids is 1. The van der Waals surface area contributed by atoms with Gasteiger partial charge in [-0.15, -0.1) is 6.58 Å². The molecule has 146 valence electrons. The number of carbonyl (C=O) groups is 1. The molecule has 2 unspecified atom stereocenters. The summed E-state index contributed by atoms with van der Waals surface area (Å²) in [7, 11) is 1.54. The summed E-state index contributed by atoms with van der Waals surface area (Å²) in [6, 6.07) is 11.4. The topological polar surface area (TPSA) is 47.9 Å². The minimum atomic E-state index is -4.43. The Hall–Kier alpha value is -3.09. The maximum atomic E-state index is 12.8. The van der Waals surface area contributed by atoms with Crippen LogP contribution in [-0.2, 0) is 15.7 Å². The van der Waals surface area contributed by atoms with Crippen molar-refractivity contribution in [3.05, 3.63) is 77.9 Å². The molecule has 3 rings (SSSR count). The van der Waals surface area contributed by atoms with Crippen LogP contribution in [0.1, 0.15) is 29.5 Å². The molecule has 4 nitrogen and oxygen atoms in total. The summed E-state index contributed by atoms with van der Waals surface area (Å²) in [5, 5.41) is 0. The van der Waals surface area contributed by atoms with E-state index >= 15 is 0 Å². The fourth-order valence-corrected chi connectivity index (χ4v) is 3.08. The third-order valence-corrected chi connectivity index (χ3v) is 4.70. The van der Waals surface area contributed by atoms with Crippen molar-refractivity contribution < 1.29 is 27.4 Å². The first-order chi connectivity index (χ1) is 13.2. The Morgan fingerprint density at radius 3 is 2.25 bits per heavy atom. The molecule has 1 aliphatic rings. The van der Waals surface area contributed by atoms with Crippen LogP contribution in [-0.4, -0.2) is 24.5 Å². The number of hydrogen-bond acceptors (Lipinski definition) is 3. The minimum Gasteiger partial charge on any atom is -0.497 e. The van der Waals surface area contributed by atoms with Gasteiger partial charge in [0.1, 0.15) is 5.75 Å². The number of benzene rings is 2. The van der Waals surface area contributed by atoms with E-state index in [1.807, 2.05) is 0 Å². The zero-order valence-corrected chi connectivity index (χ0v) is 15.3. The molecule has 1 aliphatic heterocycles. The van der Waals surface area contributed by atoms with Crippen molar-refractivity contribution in [2.45, 2.75) is 24.6 Å². The summed E-state index contributed by atoms with van der Waals surface area (Å²) in [5.74, 6) is -0.413. The molecule has 2 aromatic carbocycles. The molecule has 28 heavy (non-hydrogen) atoms. The quantitative estimate of drug-likeness (QED) is 0.694. The number of hydrogen-bond donors (Lipinski definition) is 0. The molecule has 0 aromatic heterocycles. The van der Waals surface area contributed by atoms with Crippen LogP contribution in [0.15, 0.2) is 66.2 Å².